The van der Waals surface area contributed by atoms with Crippen molar-refractivity contribution in [1.82, 2.24) is 24.4 Å². The number of hydrogen-bond acceptors (Lipinski definition) is 10. The fraction of sp³-hybridized carbons (Fsp3) is 0.517. The number of aromatic nitrogens is 4. The number of anilines is 2. The van der Waals surface area contributed by atoms with Crippen molar-refractivity contribution in [2.45, 2.75) is 56.7 Å². The minimum Gasteiger partial charge on any atom is -0.403 e. The lowest BCUT2D eigenvalue weighted by atomic mass is 9.90. The van der Waals surface area contributed by atoms with Gasteiger partial charge in [-0.1, -0.05) is 0 Å². The molecule has 3 aromatic heterocycles. The number of nitrogens with two attached hydrogens (primary N) is 1. The van der Waals surface area contributed by atoms with E-state index in [1.165, 1.54) is 19.0 Å². The first-order chi connectivity index (χ1) is 19.8. The lowest BCUT2D eigenvalue weighted by Crippen LogP contribution is -2.46. The molecule has 0 aromatic carbocycles. The van der Waals surface area contributed by atoms with Gasteiger partial charge in [-0.15, -0.1) is 0 Å². The second-order valence-corrected chi connectivity index (χ2v) is 10.7. The standard InChI is InChI=1S/C29H39N9O2/c30-19-23(20-32-21-8-15-39-16-9-21)34-29-35-26-7-12-38(25-5-10-31-11-6-25)27(26)28(36-29)33-22-1-3-24(4-2-22)37-13-17-40-18-14-37/h5-7,10-12,19-22,24H,1-4,8-9,13-18,30H2,(H2,33,34,35,36). The van der Waals surface area contributed by atoms with Crippen LogP contribution in [0.2, 0.25) is 0 Å². The smallest absolute Gasteiger partial charge is 0.229 e. The monoisotopic (exact) mass is 545 g/mol. The van der Waals surface area contributed by atoms with E-state index in [2.05, 4.69) is 25.1 Å². The van der Waals surface area contributed by atoms with E-state index >= 15 is 0 Å². The van der Waals surface area contributed by atoms with Gasteiger partial charge >= 0.3 is 0 Å². The van der Waals surface area contributed by atoms with Gasteiger partial charge in [-0.2, -0.15) is 4.98 Å². The summed E-state index contributed by atoms with van der Waals surface area (Å²) in [5.41, 5.74) is 9.42. The van der Waals surface area contributed by atoms with Crippen LogP contribution in [0.25, 0.3) is 16.7 Å². The number of nitrogens with zero attached hydrogens (tertiary/aromatic N) is 6. The van der Waals surface area contributed by atoms with E-state index < -0.39 is 0 Å². The lowest BCUT2D eigenvalue weighted by Gasteiger charge is -2.39. The van der Waals surface area contributed by atoms with E-state index in [1.54, 1.807) is 18.6 Å². The second-order valence-electron chi connectivity index (χ2n) is 10.7. The average Bonchev–Trinajstić information content (AvgIpc) is 3.45. The molecular formula is C29H39N9O2. The highest BCUT2D eigenvalue weighted by molar-refractivity contribution is 5.90. The van der Waals surface area contributed by atoms with Crippen molar-refractivity contribution in [3.05, 3.63) is 48.7 Å². The molecule has 11 heteroatoms. The number of fused-ring (bicyclic) bond motifs is 1. The minimum atomic E-state index is 0.244. The molecular weight excluding hydrogens is 506 g/mol. The number of allylic oxidation sites excluding steroid dienone is 1. The second kappa shape index (κ2) is 12.8. The van der Waals surface area contributed by atoms with E-state index in [1.807, 2.05) is 24.4 Å². The molecule has 0 bridgehead atoms. The molecule has 0 unspecified atom stereocenters. The summed E-state index contributed by atoms with van der Waals surface area (Å²) in [6, 6.07) is 7.22. The zero-order valence-corrected chi connectivity index (χ0v) is 22.9. The summed E-state index contributed by atoms with van der Waals surface area (Å²) in [4.78, 5) is 21.3. The van der Waals surface area contributed by atoms with Crippen molar-refractivity contribution in [2.75, 3.05) is 50.2 Å². The Bertz CT molecular complexity index is 1310. The summed E-state index contributed by atoms with van der Waals surface area (Å²) in [7, 11) is 0. The molecule has 3 fully saturated rings. The maximum Gasteiger partial charge on any atom is 0.229 e. The number of ether oxygens (including phenoxy) is 2. The number of rotatable bonds is 8. The third-order valence-electron chi connectivity index (χ3n) is 8.12. The summed E-state index contributed by atoms with van der Waals surface area (Å²) in [5, 5.41) is 7.08. The Labute approximate surface area is 234 Å². The van der Waals surface area contributed by atoms with Crippen molar-refractivity contribution < 1.29 is 9.47 Å². The predicted octanol–water partition coefficient (Wildman–Crippen LogP) is 3.33. The van der Waals surface area contributed by atoms with Crippen LogP contribution in [0, 0.1) is 0 Å². The van der Waals surface area contributed by atoms with Crippen molar-refractivity contribution in [1.29, 1.82) is 0 Å². The molecule has 212 valence electrons. The number of aliphatic imine (C=N–C) groups is 1. The van der Waals surface area contributed by atoms with Crippen LogP contribution in [0.15, 0.2) is 53.7 Å². The molecule has 0 amide bonds. The van der Waals surface area contributed by atoms with Crippen LogP contribution in [0.3, 0.4) is 0 Å². The van der Waals surface area contributed by atoms with Gasteiger partial charge in [0.15, 0.2) is 5.82 Å². The van der Waals surface area contributed by atoms with Crippen molar-refractivity contribution in [3.8, 4) is 5.69 Å². The molecule has 3 aliphatic rings. The van der Waals surface area contributed by atoms with Gasteiger partial charge in [0, 0.05) is 75.1 Å². The molecule has 0 radical (unpaired) electrons. The normalized spacial score (nSPS) is 23.6. The molecule has 11 nitrogen and oxygen atoms in total. The molecule has 2 saturated heterocycles. The highest BCUT2D eigenvalue weighted by atomic mass is 16.5. The van der Waals surface area contributed by atoms with Crippen molar-refractivity contribution in [2.24, 2.45) is 10.7 Å². The first-order valence-electron chi connectivity index (χ1n) is 14.4. The van der Waals surface area contributed by atoms with Crippen LogP contribution in [0.1, 0.15) is 38.5 Å². The van der Waals surface area contributed by atoms with Gasteiger partial charge < -0.3 is 30.4 Å². The quantitative estimate of drug-likeness (QED) is 0.365. The Morgan fingerprint density at radius 1 is 0.950 bits per heavy atom. The maximum atomic E-state index is 5.96. The van der Waals surface area contributed by atoms with E-state index in [-0.39, 0.29) is 6.04 Å². The number of pyridine rings is 1. The Balaban J connectivity index is 1.23. The van der Waals surface area contributed by atoms with Gasteiger partial charge in [0.2, 0.25) is 5.95 Å². The summed E-state index contributed by atoms with van der Waals surface area (Å²) in [6.45, 7) is 5.26. The summed E-state index contributed by atoms with van der Waals surface area (Å²) in [5.74, 6) is 1.29. The Kier molecular flexibility index (Phi) is 8.50. The van der Waals surface area contributed by atoms with Crippen LogP contribution < -0.4 is 16.4 Å². The Morgan fingerprint density at radius 3 is 2.45 bits per heavy atom. The number of morpholine rings is 1. The molecule has 0 spiro atoms. The molecule has 4 N–H and O–H groups in total. The zero-order chi connectivity index (χ0) is 27.1. The molecule has 40 heavy (non-hydrogen) atoms. The number of hydrogen-bond donors (Lipinski definition) is 3. The van der Waals surface area contributed by atoms with E-state index in [0.29, 0.717) is 23.7 Å². The Hall–Kier alpha value is -3.54. The molecule has 6 rings (SSSR count). The highest BCUT2D eigenvalue weighted by Crippen LogP contribution is 2.31. The molecule has 5 heterocycles. The number of nitrogens with one attached hydrogen (secondary N) is 2. The van der Waals surface area contributed by atoms with Crippen molar-refractivity contribution in [3.63, 3.8) is 0 Å². The lowest BCUT2D eigenvalue weighted by molar-refractivity contribution is 0.00791. The predicted molar refractivity (Wildman–Crippen MR) is 157 cm³/mol. The minimum absolute atomic E-state index is 0.244. The topological polar surface area (TPSA) is 128 Å². The van der Waals surface area contributed by atoms with Crippen molar-refractivity contribution >= 4 is 29.0 Å². The van der Waals surface area contributed by atoms with Gasteiger partial charge in [0.1, 0.15) is 5.52 Å². The fourth-order valence-corrected chi connectivity index (χ4v) is 5.91. The molecule has 3 aromatic rings. The fourth-order valence-electron chi connectivity index (χ4n) is 5.91. The molecule has 1 aliphatic carbocycles. The Morgan fingerprint density at radius 2 is 1.70 bits per heavy atom. The van der Waals surface area contributed by atoms with Gasteiger partial charge in [-0.3, -0.25) is 14.9 Å². The van der Waals surface area contributed by atoms with Gasteiger partial charge in [-0.25, -0.2) is 4.98 Å². The van der Waals surface area contributed by atoms with E-state index in [4.69, 9.17) is 30.2 Å². The molecule has 2 aliphatic heterocycles. The van der Waals surface area contributed by atoms with Gasteiger partial charge in [0.05, 0.1) is 30.5 Å². The summed E-state index contributed by atoms with van der Waals surface area (Å²) < 4.78 is 13.1. The van der Waals surface area contributed by atoms with Crippen LogP contribution >= 0.6 is 0 Å². The van der Waals surface area contributed by atoms with Gasteiger partial charge in [-0.05, 0) is 56.7 Å². The van der Waals surface area contributed by atoms with Crippen LogP contribution in [0.5, 0.6) is 0 Å². The van der Waals surface area contributed by atoms with E-state index in [9.17, 15) is 0 Å². The van der Waals surface area contributed by atoms with Crippen LogP contribution in [-0.4, -0.2) is 88.3 Å². The molecule has 0 atom stereocenters. The molecule has 1 saturated carbocycles. The first-order valence-corrected chi connectivity index (χ1v) is 14.4. The third-order valence-corrected chi connectivity index (χ3v) is 8.12. The SMILES string of the molecule is NC=C(C=NC1CCOCC1)Nc1nc(NC2CCC(N3CCOCC3)CC2)c2c(ccn2-c2ccncc2)n1. The summed E-state index contributed by atoms with van der Waals surface area (Å²) in [6.07, 6.45) is 15.3. The van der Waals surface area contributed by atoms with Crippen LogP contribution in [0.4, 0.5) is 11.8 Å². The van der Waals surface area contributed by atoms with E-state index in [0.717, 1.165) is 87.7 Å². The largest absolute Gasteiger partial charge is 0.403 e. The summed E-state index contributed by atoms with van der Waals surface area (Å²) >= 11 is 0. The third kappa shape index (κ3) is 6.27. The zero-order valence-electron chi connectivity index (χ0n) is 22.9. The van der Waals surface area contributed by atoms with Crippen LogP contribution in [-0.2, 0) is 9.47 Å². The highest BCUT2D eigenvalue weighted by Gasteiger charge is 2.28. The first kappa shape index (κ1) is 26.7. The maximum absolute atomic E-state index is 5.96. The average molecular weight is 546 g/mol. The van der Waals surface area contributed by atoms with Gasteiger partial charge in [0.25, 0.3) is 0 Å².